The fraction of sp³-hybridized carbons (Fsp3) is 0.500. The molecule has 22 heavy (non-hydrogen) atoms. The number of carbonyl (C=O) groups excluding carboxylic acids is 2. The molecule has 1 heterocycles. The zero-order valence-corrected chi connectivity index (χ0v) is 13.4. The fourth-order valence-corrected chi connectivity index (χ4v) is 2.85. The lowest BCUT2D eigenvalue weighted by Crippen LogP contribution is -2.49. The predicted octanol–water partition coefficient (Wildman–Crippen LogP) is 1.64. The second-order valence-electron chi connectivity index (χ2n) is 5.44. The molecule has 120 valence electrons. The minimum atomic E-state index is -0.584. The quantitative estimate of drug-likeness (QED) is 0.809. The van der Waals surface area contributed by atoms with Gasteiger partial charge in [-0.2, -0.15) is 0 Å². The van der Waals surface area contributed by atoms with Gasteiger partial charge in [-0.25, -0.2) is 0 Å². The molecule has 0 aliphatic carbocycles. The minimum Gasteiger partial charge on any atom is -0.381 e. The summed E-state index contributed by atoms with van der Waals surface area (Å²) in [5, 5.41) is 6.24. The normalized spacial score (nSPS) is 16.8. The molecule has 0 unspecified atom stereocenters. The Morgan fingerprint density at radius 2 is 1.73 bits per heavy atom. The van der Waals surface area contributed by atoms with E-state index >= 15 is 0 Å². The summed E-state index contributed by atoms with van der Waals surface area (Å²) in [4.78, 5) is 23.6. The second-order valence-corrected chi connectivity index (χ2v) is 5.88. The lowest BCUT2D eigenvalue weighted by molar-refractivity contribution is -0.130. The van der Waals surface area contributed by atoms with Crippen LogP contribution in [-0.4, -0.2) is 38.1 Å². The average molecular weight is 325 g/mol. The van der Waals surface area contributed by atoms with Crippen molar-refractivity contribution in [2.45, 2.75) is 25.2 Å². The molecule has 1 aliphatic rings. The van der Waals surface area contributed by atoms with Crippen molar-refractivity contribution in [1.29, 1.82) is 0 Å². The monoisotopic (exact) mass is 324 g/mol. The first-order chi connectivity index (χ1) is 10.5. The molecule has 1 aliphatic heterocycles. The molecule has 2 rings (SSSR count). The number of rotatable bonds is 5. The molecule has 1 saturated heterocycles. The molecule has 1 aromatic carbocycles. The zero-order chi connectivity index (χ0) is 16.0. The van der Waals surface area contributed by atoms with Gasteiger partial charge in [0, 0.05) is 38.2 Å². The summed E-state index contributed by atoms with van der Waals surface area (Å²) < 4.78 is 5.41. The smallest absolute Gasteiger partial charge is 0.230 e. The van der Waals surface area contributed by atoms with Gasteiger partial charge in [-0.05, 0) is 30.5 Å². The fourth-order valence-electron chi connectivity index (χ4n) is 2.72. The molecule has 5 nitrogen and oxygen atoms in total. The molecule has 2 N–H and O–H groups in total. The van der Waals surface area contributed by atoms with Crippen LogP contribution in [0.4, 0.5) is 0 Å². The van der Waals surface area contributed by atoms with Gasteiger partial charge in [0.25, 0.3) is 0 Å². The summed E-state index contributed by atoms with van der Waals surface area (Å²) in [6.45, 7) is 3.40. The Morgan fingerprint density at radius 1 is 1.14 bits per heavy atom. The van der Waals surface area contributed by atoms with Crippen LogP contribution >= 0.6 is 11.6 Å². The van der Waals surface area contributed by atoms with E-state index in [0.717, 1.165) is 5.56 Å². The van der Waals surface area contributed by atoms with Crippen LogP contribution < -0.4 is 10.6 Å². The highest BCUT2D eigenvalue weighted by Gasteiger charge is 2.41. The van der Waals surface area contributed by atoms with Gasteiger partial charge in [-0.3, -0.25) is 9.59 Å². The van der Waals surface area contributed by atoms with Crippen LogP contribution in [0.15, 0.2) is 24.3 Å². The molecule has 0 radical (unpaired) electrons. The number of amides is 2. The van der Waals surface area contributed by atoms with E-state index in [9.17, 15) is 9.59 Å². The molecule has 6 heteroatoms. The van der Waals surface area contributed by atoms with Crippen LogP contribution in [0.5, 0.6) is 0 Å². The van der Waals surface area contributed by atoms with Crippen molar-refractivity contribution in [3.05, 3.63) is 34.9 Å². The number of hydrogen-bond acceptors (Lipinski definition) is 3. The third-order valence-electron chi connectivity index (χ3n) is 3.96. The van der Waals surface area contributed by atoms with Crippen molar-refractivity contribution in [2.75, 3.05) is 26.3 Å². The minimum absolute atomic E-state index is 0.0246. The molecule has 0 spiro atoms. The van der Waals surface area contributed by atoms with E-state index in [1.165, 1.54) is 6.92 Å². The molecule has 2 amide bonds. The van der Waals surface area contributed by atoms with Gasteiger partial charge < -0.3 is 15.4 Å². The number of nitrogens with one attached hydrogen (secondary N) is 2. The van der Waals surface area contributed by atoms with Crippen LogP contribution in [0, 0.1) is 0 Å². The molecular formula is C16H21ClN2O3. The highest BCUT2D eigenvalue weighted by atomic mass is 35.5. The van der Waals surface area contributed by atoms with Gasteiger partial charge in [-0.1, -0.05) is 23.7 Å². The van der Waals surface area contributed by atoms with Crippen LogP contribution in [0.2, 0.25) is 5.02 Å². The van der Waals surface area contributed by atoms with Gasteiger partial charge in [0.1, 0.15) is 0 Å². The summed E-state index contributed by atoms with van der Waals surface area (Å²) in [7, 11) is 0. The van der Waals surface area contributed by atoms with Gasteiger partial charge in [0.05, 0.1) is 5.41 Å². The molecule has 0 saturated carbocycles. The summed E-state index contributed by atoms with van der Waals surface area (Å²) >= 11 is 5.94. The van der Waals surface area contributed by atoms with Crippen LogP contribution in [-0.2, 0) is 19.7 Å². The van der Waals surface area contributed by atoms with Crippen LogP contribution in [0.3, 0.4) is 0 Å². The SMILES string of the molecule is CC(=O)NCCNC(=O)C1(c2ccc(Cl)cc2)CCOCC1. The molecule has 1 fully saturated rings. The van der Waals surface area contributed by atoms with Gasteiger partial charge >= 0.3 is 0 Å². The first-order valence-electron chi connectivity index (χ1n) is 7.41. The summed E-state index contributed by atoms with van der Waals surface area (Å²) in [5.74, 6) is -0.129. The Labute approximate surface area is 135 Å². The summed E-state index contributed by atoms with van der Waals surface area (Å²) in [6.07, 6.45) is 1.28. The van der Waals surface area contributed by atoms with Crippen molar-refractivity contribution in [2.24, 2.45) is 0 Å². The zero-order valence-electron chi connectivity index (χ0n) is 12.7. The lowest BCUT2D eigenvalue weighted by atomic mass is 9.73. The van der Waals surface area contributed by atoms with Crippen LogP contribution in [0.1, 0.15) is 25.3 Å². The van der Waals surface area contributed by atoms with Gasteiger partial charge in [0.15, 0.2) is 0 Å². The van der Waals surface area contributed by atoms with Crippen molar-refractivity contribution in [3.63, 3.8) is 0 Å². The third kappa shape index (κ3) is 3.99. The van der Waals surface area contributed by atoms with E-state index in [0.29, 0.717) is 44.2 Å². The highest BCUT2D eigenvalue weighted by Crippen LogP contribution is 2.35. The van der Waals surface area contributed by atoms with Crippen LogP contribution in [0.25, 0.3) is 0 Å². The third-order valence-corrected chi connectivity index (χ3v) is 4.21. The topological polar surface area (TPSA) is 67.4 Å². The molecule has 1 aromatic rings. The molecule has 0 aromatic heterocycles. The summed E-state index contributed by atoms with van der Waals surface area (Å²) in [6, 6.07) is 7.42. The van der Waals surface area contributed by atoms with E-state index in [4.69, 9.17) is 16.3 Å². The van der Waals surface area contributed by atoms with E-state index in [2.05, 4.69) is 10.6 Å². The van der Waals surface area contributed by atoms with Gasteiger partial charge in [0.2, 0.25) is 11.8 Å². The second kappa shape index (κ2) is 7.61. The number of hydrogen-bond donors (Lipinski definition) is 2. The van der Waals surface area contributed by atoms with E-state index in [1.54, 1.807) is 12.1 Å². The first kappa shape index (κ1) is 16.8. The maximum absolute atomic E-state index is 12.7. The number of halogens is 1. The van der Waals surface area contributed by atoms with Crippen molar-refractivity contribution in [1.82, 2.24) is 10.6 Å². The Balaban J connectivity index is 2.09. The number of carbonyl (C=O) groups is 2. The Hall–Kier alpha value is -1.59. The maximum Gasteiger partial charge on any atom is 0.230 e. The van der Waals surface area contributed by atoms with Gasteiger partial charge in [-0.15, -0.1) is 0 Å². The Kier molecular flexibility index (Phi) is 5.80. The highest BCUT2D eigenvalue weighted by molar-refractivity contribution is 6.30. The van der Waals surface area contributed by atoms with E-state index in [1.807, 2.05) is 12.1 Å². The lowest BCUT2D eigenvalue weighted by Gasteiger charge is -2.36. The van der Waals surface area contributed by atoms with Crippen molar-refractivity contribution in [3.8, 4) is 0 Å². The Morgan fingerprint density at radius 3 is 2.32 bits per heavy atom. The maximum atomic E-state index is 12.7. The first-order valence-corrected chi connectivity index (χ1v) is 7.79. The molecule has 0 bridgehead atoms. The number of ether oxygens (including phenoxy) is 1. The number of benzene rings is 1. The van der Waals surface area contributed by atoms with Crippen molar-refractivity contribution >= 4 is 23.4 Å². The van der Waals surface area contributed by atoms with E-state index in [-0.39, 0.29) is 11.8 Å². The largest absolute Gasteiger partial charge is 0.381 e. The average Bonchev–Trinajstić information content (AvgIpc) is 2.52. The summed E-state index contributed by atoms with van der Waals surface area (Å²) in [5.41, 5.74) is 0.372. The van der Waals surface area contributed by atoms with Crippen molar-refractivity contribution < 1.29 is 14.3 Å². The Bertz CT molecular complexity index is 525. The molecule has 0 atom stereocenters. The molecular weight excluding hydrogens is 304 g/mol. The standard InChI is InChI=1S/C16H21ClN2O3/c1-12(20)18-8-9-19-15(21)16(6-10-22-11-7-16)13-2-4-14(17)5-3-13/h2-5H,6-11H2,1H3,(H,18,20)(H,19,21). The predicted molar refractivity (Wildman–Crippen MR) is 84.9 cm³/mol. The van der Waals surface area contributed by atoms with E-state index < -0.39 is 5.41 Å².